The minimum atomic E-state index is -4.08. The van der Waals surface area contributed by atoms with Crippen LogP contribution in [0.25, 0.3) is 0 Å². The van der Waals surface area contributed by atoms with Crippen molar-refractivity contribution in [3.8, 4) is 0 Å². The van der Waals surface area contributed by atoms with Gasteiger partial charge in [0.25, 0.3) is 5.56 Å². The number of aliphatic hydroxyl groups excluding tert-OH is 1. The van der Waals surface area contributed by atoms with Gasteiger partial charge in [0, 0.05) is 12.2 Å². The van der Waals surface area contributed by atoms with Gasteiger partial charge in [-0.1, -0.05) is 19.3 Å². The van der Waals surface area contributed by atoms with Crippen molar-refractivity contribution in [2.75, 3.05) is 0 Å². The minimum absolute atomic E-state index is 0.516. The first kappa shape index (κ1) is 14.9. The zero-order valence-corrected chi connectivity index (χ0v) is 11.6. The van der Waals surface area contributed by atoms with Crippen LogP contribution in [-0.4, -0.2) is 35.6 Å². The highest BCUT2D eigenvalue weighted by molar-refractivity contribution is 7.89. The van der Waals surface area contributed by atoms with Crippen LogP contribution in [-0.2, 0) is 10.0 Å². The highest BCUT2D eigenvalue weighted by Crippen LogP contribution is 2.19. The van der Waals surface area contributed by atoms with E-state index in [1.807, 2.05) is 4.98 Å². The molecule has 1 aromatic heterocycles. The van der Waals surface area contributed by atoms with Crippen molar-refractivity contribution in [1.29, 1.82) is 0 Å². The quantitative estimate of drug-likeness (QED) is 0.534. The number of H-pyrrole nitrogens is 2. The van der Waals surface area contributed by atoms with Crippen LogP contribution in [0.5, 0.6) is 0 Å². The Bertz CT molecular complexity index is 678. The summed E-state index contributed by atoms with van der Waals surface area (Å²) in [5.41, 5.74) is -1.76. The van der Waals surface area contributed by atoms with E-state index in [1.165, 1.54) is 0 Å². The molecule has 1 aliphatic carbocycles. The van der Waals surface area contributed by atoms with Gasteiger partial charge < -0.3 is 10.1 Å². The third-order valence-corrected chi connectivity index (χ3v) is 4.86. The van der Waals surface area contributed by atoms with E-state index in [1.54, 1.807) is 0 Å². The maximum Gasteiger partial charge on any atom is 0.325 e. The molecule has 0 amide bonds. The number of nitrogens with one attached hydrogen (secondary N) is 3. The second-order valence-electron chi connectivity index (χ2n) is 4.87. The second kappa shape index (κ2) is 5.90. The van der Waals surface area contributed by atoms with Crippen LogP contribution in [0.3, 0.4) is 0 Å². The molecule has 0 spiro atoms. The third kappa shape index (κ3) is 3.35. The van der Waals surface area contributed by atoms with Crippen LogP contribution >= 0.6 is 0 Å². The molecule has 2 atom stereocenters. The number of sulfonamides is 1. The predicted octanol–water partition coefficient (Wildman–Crippen LogP) is -0.965. The third-order valence-electron chi connectivity index (χ3n) is 3.36. The van der Waals surface area contributed by atoms with Gasteiger partial charge in [-0.2, -0.15) is 0 Å². The number of aromatic nitrogens is 2. The number of aromatic amines is 2. The van der Waals surface area contributed by atoms with Gasteiger partial charge in [-0.05, 0) is 12.8 Å². The van der Waals surface area contributed by atoms with Crippen molar-refractivity contribution in [2.24, 2.45) is 0 Å². The lowest BCUT2D eigenvalue weighted by Gasteiger charge is -2.21. The van der Waals surface area contributed by atoms with Gasteiger partial charge in [0.2, 0.25) is 10.0 Å². The number of hydrogen-bond acceptors (Lipinski definition) is 5. The van der Waals surface area contributed by atoms with Crippen LogP contribution < -0.4 is 16.0 Å². The van der Waals surface area contributed by atoms with E-state index < -0.39 is 38.3 Å². The summed E-state index contributed by atoms with van der Waals surface area (Å²) >= 11 is 0. The fourth-order valence-corrected chi connectivity index (χ4v) is 3.60. The molecule has 0 aliphatic heterocycles. The topological polar surface area (TPSA) is 132 Å². The summed E-state index contributed by atoms with van der Waals surface area (Å²) in [6.45, 7) is 0. The summed E-state index contributed by atoms with van der Waals surface area (Å²) in [5.74, 6) is 0. The Morgan fingerprint density at radius 1 is 1.20 bits per heavy atom. The van der Waals surface area contributed by atoms with Gasteiger partial charge in [-0.3, -0.25) is 9.78 Å². The summed E-state index contributed by atoms with van der Waals surface area (Å²) < 4.78 is 26.6. The van der Waals surface area contributed by atoms with Crippen molar-refractivity contribution >= 4 is 10.0 Å². The lowest BCUT2D eigenvalue weighted by Crippen LogP contribution is -2.44. The molecule has 112 valence electrons. The maximum absolute atomic E-state index is 12.1. The van der Waals surface area contributed by atoms with Crippen molar-refractivity contribution in [3.05, 3.63) is 27.0 Å². The van der Waals surface area contributed by atoms with Crippen molar-refractivity contribution in [1.82, 2.24) is 14.7 Å². The summed E-state index contributed by atoms with van der Waals surface area (Å²) in [6.07, 6.45) is 3.72. The van der Waals surface area contributed by atoms with Crippen molar-refractivity contribution in [2.45, 2.75) is 49.1 Å². The molecule has 1 saturated carbocycles. The zero-order valence-electron chi connectivity index (χ0n) is 10.8. The monoisotopic (exact) mass is 303 g/mol. The van der Waals surface area contributed by atoms with Gasteiger partial charge in [-0.15, -0.1) is 0 Å². The summed E-state index contributed by atoms with van der Waals surface area (Å²) in [5, 5.41) is 9.90. The SMILES string of the molecule is O=c1[nH]cc(S(=O)(=O)NC2CCCCCC2O)c(=O)[nH]1. The molecule has 0 aromatic carbocycles. The van der Waals surface area contributed by atoms with Crippen LogP contribution in [0.1, 0.15) is 32.1 Å². The highest BCUT2D eigenvalue weighted by Gasteiger charge is 2.28. The van der Waals surface area contributed by atoms with Crippen LogP contribution in [0.4, 0.5) is 0 Å². The number of aliphatic hydroxyl groups is 1. The largest absolute Gasteiger partial charge is 0.391 e. The van der Waals surface area contributed by atoms with E-state index in [0.717, 1.165) is 25.5 Å². The first-order chi connectivity index (χ1) is 9.40. The molecule has 0 saturated heterocycles. The molecule has 1 fully saturated rings. The fourth-order valence-electron chi connectivity index (χ4n) is 2.29. The minimum Gasteiger partial charge on any atom is -0.391 e. The van der Waals surface area contributed by atoms with Crippen LogP contribution in [0.15, 0.2) is 20.7 Å². The normalized spacial score (nSPS) is 24.2. The highest BCUT2D eigenvalue weighted by atomic mass is 32.2. The molecule has 4 N–H and O–H groups in total. The van der Waals surface area contributed by atoms with Crippen LogP contribution in [0, 0.1) is 0 Å². The Balaban J connectivity index is 2.26. The standard InChI is InChI=1S/C11H17N3O5S/c15-8-5-3-1-2-4-7(8)14-20(18,19)9-6-12-11(17)13-10(9)16/h6-8,14-15H,1-5H2,(H2,12,13,16,17). The molecule has 9 heteroatoms. The molecule has 1 aliphatic rings. The smallest absolute Gasteiger partial charge is 0.325 e. The summed E-state index contributed by atoms with van der Waals surface area (Å²) in [7, 11) is -4.08. The Kier molecular flexibility index (Phi) is 4.41. The van der Waals surface area contributed by atoms with E-state index >= 15 is 0 Å². The molecule has 0 radical (unpaired) electrons. The average molecular weight is 303 g/mol. The van der Waals surface area contributed by atoms with Crippen molar-refractivity contribution < 1.29 is 13.5 Å². The summed E-state index contributed by atoms with van der Waals surface area (Å²) in [4.78, 5) is 25.8. The molecule has 0 bridgehead atoms. The van der Waals surface area contributed by atoms with Crippen LogP contribution in [0.2, 0.25) is 0 Å². The van der Waals surface area contributed by atoms with E-state index in [2.05, 4.69) is 9.71 Å². The lowest BCUT2D eigenvalue weighted by molar-refractivity contribution is 0.130. The van der Waals surface area contributed by atoms with E-state index in [0.29, 0.717) is 12.8 Å². The van der Waals surface area contributed by atoms with Crippen molar-refractivity contribution in [3.63, 3.8) is 0 Å². The van der Waals surface area contributed by atoms with Gasteiger partial charge in [-0.25, -0.2) is 17.9 Å². The summed E-state index contributed by atoms with van der Waals surface area (Å²) in [6, 6.07) is -0.617. The molecular weight excluding hydrogens is 286 g/mol. The molecule has 8 nitrogen and oxygen atoms in total. The van der Waals surface area contributed by atoms with Gasteiger partial charge in [0.15, 0.2) is 4.90 Å². The van der Waals surface area contributed by atoms with Gasteiger partial charge >= 0.3 is 5.69 Å². The number of rotatable bonds is 3. The van der Waals surface area contributed by atoms with Gasteiger partial charge in [0.05, 0.1) is 6.10 Å². The molecular formula is C11H17N3O5S. The lowest BCUT2D eigenvalue weighted by atomic mass is 10.1. The molecule has 2 rings (SSSR count). The van der Waals surface area contributed by atoms with E-state index in [-0.39, 0.29) is 0 Å². The first-order valence-electron chi connectivity index (χ1n) is 6.42. The predicted molar refractivity (Wildman–Crippen MR) is 70.9 cm³/mol. The molecule has 1 aromatic rings. The molecule has 2 unspecified atom stereocenters. The van der Waals surface area contributed by atoms with Gasteiger partial charge in [0.1, 0.15) is 0 Å². The van der Waals surface area contributed by atoms with E-state index in [9.17, 15) is 23.1 Å². The maximum atomic E-state index is 12.1. The zero-order chi connectivity index (χ0) is 14.8. The Morgan fingerprint density at radius 2 is 1.90 bits per heavy atom. The first-order valence-corrected chi connectivity index (χ1v) is 7.91. The Morgan fingerprint density at radius 3 is 2.60 bits per heavy atom. The Hall–Kier alpha value is -1.45. The van der Waals surface area contributed by atoms with E-state index in [4.69, 9.17) is 0 Å². The second-order valence-corrected chi connectivity index (χ2v) is 6.55. The molecule has 20 heavy (non-hydrogen) atoms. The Labute approximate surface area is 115 Å². The average Bonchev–Trinajstić information content (AvgIpc) is 2.54. The number of hydrogen-bond donors (Lipinski definition) is 4. The molecule has 1 heterocycles. The fraction of sp³-hybridized carbons (Fsp3) is 0.636.